The molecule has 0 saturated carbocycles. The van der Waals surface area contributed by atoms with Crippen LogP contribution in [0.3, 0.4) is 0 Å². The Morgan fingerprint density at radius 2 is 0.852 bits per heavy atom. The molecule has 88 heavy (non-hydrogen) atoms. The molecule has 0 amide bonds. The van der Waals surface area contributed by atoms with Crippen molar-refractivity contribution in [2.45, 2.75) is 18.8 Å². The highest BCUT2D eigenvalue weighted by Gasteiger charge is 2.34. The molecule has 410 valence electrons. The van der Waals surface area contributed by atoms with Gasteiger partial charge in [0.05, 0.1) is 11.0 Å². The van der Waals surface area contributed by atoms with Crippen LogP contribution in [0.15, 0.2) is 294 Å². The van der Waals surface area contributed by atoms with E-state index in [9.17, 15) is 0 Å². The van der Waals surface area contributed by atoms with Crippen LogP contribution in [0.2, 0.25) is 0 Å². The second-order valence-electron chi connectivity index (χ2n) is 23.9. The predicted molar refractivity (Wildman–Crippen MR) is 370 cm³/mol. The lowest BCUT2D eigenvalue weighted by Crippen LogP contribution is -2.01. The smallest absolute Gasteiger partial charge is 0.143 e. The molecule has 18 aromatic rings. The van der Waals surface area contributed by atoms with Gasteiger partial charge in [0.15, 0.2) is 0 Å². The number of aryl methyl sites for hydroxylation is 1. The summed E-state index contributed by atoms with van der Waals surface area (Å²) >= 11 is 0. The summed E-state index contributed by atoms with van der Waals surface area (Å²) in [4.78, 5) is 0. The van der Waals surface area contributed by atoms with Gasteiger partial charge in [-0.3, -0.25) is 0 Å². The van der Waals surface area contributed by atoms with Crippen molar-refractivity contribution in [3.63, 3.8) is 0 Å². The first-order valence-electron chi connectivity index (χ1n) is 30.7. The van der Waals surface area contributed by atoms with Gasteiger partial charge in [0.2, 0.25) is 0 Å². The summed E-state index contributed by atoms with van der Waals surface area (Å²) in [5.41, 5.74) is 19.2. The van der Waals surface area contributed by atoms with Crippen molar-refractivity contribution >= 4 is 125 Å². The number of hydrogen-bond acceptors (Lipinski definition) is 2. The summed E-state index contributed by atoms with van der Waals surface area (Å²) in [6, 6.07) is 102. The number of nitrogens with zero attached hydrogens (tertiary/aromatic N) is 1. The Labute approximate surface area is 506 Å². The normalized spacial score (nSPS) is 13.7. The second kappa shape index (κ2) is 19.1. The SMILES string of the molecule is C1=Cc2oc3c(-c4ccc5c(c4)C(c4ccccc4)c4c-5ccc5c6ccccc6c6ccccc6c45)cccc3c2CC1.c1ccc(-n2c3ccc(-c4cccc5c4oc4ccccc45)cc3c3ccc4c5ccccc5c5ccccc5c4c32)cc1. The first kappa shape index (κ1) is 49.0. The summed E-state index contributed by atoms with van der Waals surface area (Å²) in [6.07, 6.45) is 6.47. The molecule has 3 nitrogen and oxygen atoms in total. The maximum atomic E-state index is 6.53. The summed E-state index contributed by atoms with van der Waals surface area (Å²) < 4.78 is 15.4. The third-order valence-electron chi connectivity index (χ3n) is 19.4. The monoisotopic (exact) mass is 1120 g/mol. The highest BCUT2D eigenvalue weighted by Crippen LogP contribution is 2.55. The zero-order chi connectivity index (χ0) is 57.6. The predicted octanol–water partition coefficient (Wildman–Crippen LogP) is 23.5. The Morgan fingerprint density at radius 3 is 1.56 bits per heavy atom. The van der Waals surface area contributed by atoms with Crippen LogP contribution in [0.1, 0.15) is 40.4 Å². The zero-order valence-corrected chi connectivity index (χ0v) is 48.0. The van der Waals surface area contributed by atoms with Gasteiger partial charge in [0.1, 0.15) is 22.5 Å². The number of hydrogen-bond donors (Lipinski definition) is 0. The molecule has 0 N–H and O–H groups in total. The summed E-state index contributed by atoms with van der Waals surface area (Å²) in [5.74, 6) is 1.14. The molecular weight excluding hydrogens is 1070 g/mol. The number of rotatable bonds is 4. The Bertz CT molecular complexity index is 5920. The van der Waals surface area contributed by atoms with Gasteiger partial charge in [-0.1, -0.05) is 249 Å². The maximum Gasteiger partial charge on any atom is 0.143 e. The number of para-hydroxylation sites is 4. The van der Waals surface area contributed by atoms with Gasteiger partial charge < -0.3 is 13.4 Å². The fourth-order valence-corrected chi connectivity index (χ4v) is 15.6. The van der Waals surface area contributed by atoms with Crippen LogP contribution in [0.25, 0.3) is 164 Å². The third kappa shape index (κ3) is 7.13. The molecule has 0 bridgehead atoms. The molecule has 3 aromatic heterocycles. The van der Waals surface area contributed by atoms with Gasteiger partial charge in [0.25, 0.3) is 0 Å². The molecule has 0 radical (unpaired) electrons. The first-order chi connectivity index (χ1) is 43.7. The molecule has 1 atom stereocenters. The molecule has 0 saturated heterocycles. The standard InChI is InChI=1S/C43H28O.C42H25NO/c1-2-11-26(12-3-1)40-38-25-27(28-18-10-19-37-33-16-8-9-20-39(33)44-43(28)37)21-22-32(38)36-24-23-35-31-15-5-4-13-29(31)30-14-6-7-17-34(30)41(35)42(36)40;1-2-11-27(12-3-1)43-38-24-21-26(28-18-10-19-36-32-16-8-9-20-39(32)44-42(28)36)25-37(38)35-23-22-34-31-15-5-4-13-29(31)30-14-6-7-17-33(30)40(34)41(35)43/h1-7,9-15,17-25,40H,8,16H2;1-25H. The van der Waals surface area contributed by atoms with Crippen molar-refractivity contribution in [1.29, 1.82) is 0 Å². The lowest BCUT2D eigenvalue weighted by Gasteiger charge is -2.19. The van der Waals surface area contributed by atoms with Gasteiger partial charge in [-0.15, -0.1) is 0 Å². The highest BCUT2D eigenvalue weighted by atomic mass is 16.3. The number of fused-ring (bicyclic) bond motifs is 26. The molecule has 0 aliphatic heterocycles. The summed E-state index contributed by atoms with van der Waals surface area (Å²) in [5, 5.41) is 21.7. The fourth-order valence-electron chi connectivity index (χ4n) is 15.6. The van der Waals surface area contributed by atoms with Gasteiger partial charge in [-0.05, 0) is 154 Å². The van der Waals surface area contributed by atoms with Crippen molar-refractivity contribution in [3.8, 4) is 39.1 Å². The quantitative estimate of drug-likeness (QED) is 0.165. The van der Waals surface area contributed by atoms with Crippen LogP contribution in [0.4, 0.5) is 0 Å². The van der Waals surface area contributed by atoms with E-state index < -0.39 is 0 Å². The first-order valence-corrected chi connectivity index (χ1v) is 30.7. The molecule has 3 heterocycles. The number of benzene rings is 15. The lowest BCUT2D eigenvalue weighted by atomic mass is 9.83. The fraction of sp³-hybridized carbons (Fsp3) is 0.0353. The Kier molecular flexibility index (Phi) is 10.7. The van der Waals surface area contributed by atoms with Gasteiger partial charge in [-0.25, -0.2) is 0 Å². The number of allylic oxidation sites excluding steroid dienone is 1. The topological polar surface area (TPSA) is 31.2 Å². The highest BCUT2D eigenvalue weighted by molar-refractivity contribution is 6.34. The molecule has 0 fully saturated rings. The third-order valence-corrected chi connectivity index (χ3v) is 19.4. The molecule has 0 spiro atoms. The van der Waals surface area contributed by atoms with Crippen LogP contribution in [0, 0.1) is 0 Å². The van der Waals surface area contributed by atoms with Crippen LogP contribution in [0.5, 0.6) is 0 Å². The molecule has 1 unspecified atom stereocenters. The van der Waals surface area contributed by atoms with E-state index in [4.69, 9.17) is 8.83 Å². The van der Waals surface area contributed by atoms with E-state index in [0.29, 0.717) is 0 Å². The van der Waals surface area contributed by atoms with E-state index in [1.807, 2.05) is 6.07 Å². The lowest BCUT2D eigenvalue weighted by molar-refractivity contribution is 0.596. The van der Waals surface area contributed by atoms with Gasteiger partial charge in [0, 0.05) is 60.6 Å². The van der Waals surface area contributed by atoms with Crippen LogP contribution < -0.4 is 0 Å². The minimum atomic E-state index is 0.126. The van der Waals surface area contributed by atoms with Gasteiger partial charge in [-0.2, -0.15) is 0 Å². The van der Waals surface area contributed by atoms with Crippen LogP contribution in [-0.4, -0.2) is 4.57 Å². The van der Waals surface area contributed by atoms with Crippen molar-refractivity contribution in [1.82, 2.24) is 4.57 Å². The van der Waals surface area contributed by atoms with E-state index in [2.05, 4.69) is 290 Å². The largest absolute Gasteiger partial charge is 0.456 e. The molecule has 15 aromatic carbocycles. The Morgan fingerprint density at radius 1 is 0.341 bits per heavy atom. The number of furan rings is 2. The summed E-state index contributed by atoms with van der Waals surface area (Å²) in [7, 11) is 0. The average Bonchev–Trinajstić information content (AvgIpc) is 1.50. The van der Waals surface area contributed by atoms with Crippen LogP contribution in [-0.2, 0) is 6.42 Å². The average molecular weight is 1120 g/mol. The molecule has 3 heteroatoms. The Hall–Kier alpha value is -11.3. The van der Waals surface area contributed by atoms with Crippen LogP contribution >= 0.6 is 0 Å². The van der Waals surface area contributed by atoms with E-state index in [0.717, 1.165) is 68.5 Å². The molecule has 2 aliphatic rings. The minimum absolute atomic E-state index is 0.126. The maximum absolute atomic E-state index is 6.53. The van der Waals surface area contributed by atoms with Crippen molar-refractivity contribution in [2.24, 2.45) is 0 Å². The van der Waals surface area contributed by atoms with Crippen molar-refractivity contribution < 1.29 is 8.83 Å². The number of aromatic nitrogens is 1. The minimum Gasteiger partial charge on any atom is -0.456 e. The van der Waals surface area contributed by atoms with Crippen molar-refractivity contribution in [2.75, 3.05) is 0 Å². The van der Waals surface area contributed by atoms with E-state index in [1.54, 1.807) is 0 Å². The zero-order valence-electron chi connectivity index (χ0n) is 48.0. The summed E-state index contributed by atoms with van der Waals surface area (Å²) in [6.45, 7) is 0. The van der Waals surface area contributed by atoms with E-state index in [1.165, 1.54) is 131 Å². The molecular formula is C85H53NO2. The molecule has 20 rings (SSSR count). The van der Waals surface area contributed by atoms with Gasteiger partial charge >= 0.3 is 0 Å². The second-order valence-corrected chi connectivity index (χ2v) is 23.9. The molecule has 2 aliphatic carbocycles. The Balaban J connectivity index is 0.000000128. The van der Waals surface area contributed by atoms with E-state index >= 15 is 0 Å². The van der Waals surface area contributed by atoms with E-state index in [-0.39, 0.29) is 5.92 Å². The van der Waals surface area contributed by atoms with Crippen molar-refractivity contribution in [3.05, 3.63) is 313 Å².